The van der Waals surface area contributed by atoms with Gasteiger partial charge in [-0.05, 0) is 65.5 Å². The second-order valence-electron chi connectivity index (χ2n) is 7.36. The van der Waals surface area contributed by atoms with Crippen LogP contribution in [0.2, 0.25) is 0 Å². The quantitative estimate of drug-likeness (QED) is 0.561. The Kier molecular flexibility index (Phi) is 6.54. The van der Waals surface area contributed by atoms with E-state index in [9.17, 15) is 4.79 Å². The van der Waals surface area contributed by atoms with Crippen LogP contribution in [0.25, 0.3) is 10.2 Å². The molecule has 0 aliphatic carbocycles. The van der Waals surface area contributed by atoms with E-state index in [-0.39, 0.29) is 5.91 Å². The Hall–Kier alpha value is -2.45. The topological polar surface area (TPSA) is 63.5 Å². The van der Waals surface area contributed by atoms with Crippen molar-refractivity contribution in [3.63, 3.8) is 0 Å². The van der Waals surface area contributed by atoms with Gasteiger partial charge in [-0.2, -0.15) is 5.10 Å². The van der Waals surface area contributed by atoms with Gasteiger partial charge in [-0.3, -0.25) is 14.4 Å². The summed E-state index contributed by atoms with van der Waals surface area (Å²) in [6.45, 7) is 8.24. The number of hydrogen-bond donors (Lipinski definition) is 0. The zero-order chi connectivity index (χ0) is 21.1. The minimum atomic E-state index is -0.116. The number of thiazole rings is 1. The van der Waals surface area contributed by atoms with Crippen molar-refractivity contribution < 1.29 is 9.53 Å². The van der Waals surface area contributed by atoms with Crippen molar-refractivity contribution in [3.8, 4) is 5.75 Å². The maximum Gasteiger partial charge on any atom is 0.280 e. The lowest BCUT2D eigenvalue weighted by atomic mass is 10.2. The number of carbonyl (C=O) groups excluding carboxylic acids is 1. The number of carbonyl (C=O) groups is 1. The van der Waals surface area contributed by atoms with Gasteiger partial charge in [0.1, 0.15) is 11.3 Å². The molecule has 2 heterocycles. The summed E-state index contributed by atoms with van der Waals surface area (Å²) >= 11 is 1.53. The van der Waals surface area contributed by atoms with Gasteiger partial charge in [-0.25, -0.2) is 4.98 Å². The van der Waals surface area contributed by atoms with Crippen LogP contribution < -0.4 is 9.64 Å². The van der Waals surface area contributed by atoms with Crippen molar-refractivity contribution in [2.45, 2.75) is 33.7 Å². The van der Waals surface area contributed by atoms with Crippen LogP contribution in [0.3, 0.4) is 0 Å². The predicted molar refractivity (Wildman–Crippen MR) is 118 cm³/mol. The summed E-state index contributed by atoms with van der Waals surface area (Å²) in [5.41, 5.74) is 3.35. The lowest BCUT2D eigenvalue weighted by Gasteiger charge is -2.20. The molecule has 2 aromatic heterocycles. The van der Waals surface area contributed by atoms with Gasteiger partial charge in [-0.15, -0.1) is 0 Å². The molecular weight excluding hydrogens is 386 g/mol. The minimum Gasteiger partial charge on any atom is -0.494 e. The molecule has 0 saturated heterocycles. The number of nitrogens with zero attached hydrogens (tertiary/aromatic N) is 5. The van der Waals surface area contributed by atoms with Gasteiger partial charge >= 0.3 is 0 Å². The highest BCUT2D eigenvalue weighted by Gasteiger charge is 2.25. The molecule has 0 fully saturated rings. The number of aromatic nitrogens is 3. The number of ether oxygens (including phenoxy) is 1. The molecule has 156 valence electrons. The highest BCUT2D eigenvalue weighted by Crippen LogP contribution is 2.36. The summed E-state index contributed by atoms with van der Waals surface area (Å²) in [4.78, 5) is 22.1. The molecular formula is C21H29N5O2S. The standard InChI is InChI=1S/C21H29N5O2S/c1-7-26-15(3)13-16(23-26)20(27)25(12-8-11-24(4)5)21-22-18-17(28-6)10-9-14(2)19(18)29-21/h9-10,13H,7-8,11-12H2,1-6H3. The molecule has 0 unspecified atom stereocenters. The van der Waals surface area contributed by atoms with Gasteiger partial charge in [0.15, 0.2) is 10.8 Å². The van der Waals surface area contributed by atoms with E-state index in [4.69, 9.17) is 9.72 Å². The molecule has 0 radical (unpaired) electrons. The van der Waals surface area contributed by atoms with E-state index in [1.807, 2.05) is 57.7 Å². The molecule has 3 rings (SSSR count). The Morgan fingerprint density at radius 2 is 2.00 bits per heavy atom. The van der Waals surface area contributed by atoms with Crippen molar-refractivity contribution in [1.82, 2.24) is 19.7 Å². The number of amides is 1. The second kappa shape index (κ2) is 8.92. The Morgan fingerprint density at radius 1 is 1.24 bits per heavy atom. The fourth-order valence-electron chi connectivity index (χ4n) is 3.28. The molecule has 7 nitrogen and oxygen atoms in total. The van der Waals surface area contributed by atoms with Gasteiger partial charge < -0.3 is 9.64 Å². The Balaban J connectivity index is 2.01. The molecule has 1 aromatic carbocycles. The highest BCUT2D eigenvalue weighted by molar-refractivity contribution is 7.22. The average Bonchev–Trinajstić information content (AvgIpc) is 3.29. The van der Waals surface area contributed by atoms with Crippen molar-refractivity contribution >= 4 is 32.6 Å². The summed E-state index contributed by atoms with van der Waals surface area (Å²) in [5, 5.41) is 5.17. The van der Waals surface area contributed by atoms with E-state index in [1.165, 1.54) is 11.3 Å². The van der Waals surface area contributed by atoms with Gasteiger partial charge in [0.2, 0.25) is 0 Å². The highest BCUT2D eigenvalue weighted by atomic mass is 32.1. The second-order valence-corrected chi connectivity index (χ2v) is 8.34. The van der Waals surface area contributed by atoms with E-state index in [0.717, 1.165) is 46.7 Å². The molecule has 0 atom stereocenters. The zero-order valence-electron chi connectivity index (χ0n) is 18.0. The molecule has 1 amide bonds. The Morgan fingerprint density at radius 3 is 2.62 bits per heavy atom. The first-order chi connectivity index (χ1) is 13.8. The van der Waals surface area contributed by atoms with E-state index in [2.05, 4.69) is 10.00 Å². The monoisotopic (exact) mass is 415 g/mol. The first-order valence-corrected chi connectivity index (χ1v) is 10.6. The summed E-state index contributed by atoms with van der Waals surface area (Å²) in [7, 11) is 5.71. The predicted octanol–water partition coefficient (Wildman–Crippen LogP) is 3.74. The normalized spacial score (nSPS) is 11.4. The summed E-state index contributed by atoms with van der Waals surface area (Å²) < 4.78 is 8.37. The molecule has 0 aliphatic rings. The molecule has 0 aliphatic heterocycles. The number of methoxy groups -OCH3 is 1. The third kappa shape index (κ3) is 4.43. The zero-order valence-corrected chi connectivity index (χ0v) is 18.8. The molecule has 29 heavy (non-hydrogen) atoms. The molecule has 0 saturated carbocycles. The van der Waals surface area contributed by atoms with Crippen molar-refractivity contribution in [3.05, 3.63) is 35.2 Å². The van der Waals surface area contributed by atoms with Crippen molar-refractivity contribution in [2.75, 3.05) is 39.2 Å². The summed E-state index contributed by atoms with van der Waals surface area (Å²) in [6.07, 6.45) is 0.845. The fraction of sp³-hybridized carbons (Fsp3) is 0.476. The lowest BCUT2D eigenvalue weighted by molar-refractivity contribution is 0.0980. The number of rotatable bonds is 8. The first kappa shape index (κ1) is 21.3. The SMILES string of the molecule is CCn1nc(C(=O)N(CCCN(C)C)c2nc3c(OC)ccc(C)c3s2)cc1C. The lowest BCUT2D eigenvalue weighted by Crippen LogP contribution is -2.33. The van der Waals surface area contributed by atoms with Crippen LogP contribution in [0.4, 0.5) is 5.13 Å². The number of fused-ring (bicyclic) bond motifs is 1. The van der Waals surface area contributed by atoms with Crippen molar-refractivity contribution in [1.29, 1.82) is 0 Å². The molecule has 3 aromatic rings. The first-order valence-electron chi connectivity index (χ1n) is 9.80. The van der Waals surface area contributed by atoms with Crippen LogP contribution in [-0.4, -0.2) is 59.9 Å². The van der Waals surface area contributed by atoms with Crippen LogP contribution in [0.1, 0.15) is 35.1 Å². The Bertz CT molecular complexity index is 1010. The van der Waals surface area contributed by atoms with Crippen LogP contribution >= 0.6 is 11.3 Å². The summed E-state index contributed by atoms with van der Waals surface area (Å²) in [5.74, 6) is 0.606. The third-order valence-corrected chi connectivity index (χ3v) is 6.09. The molecule has 0 bridgehead atoms. The van der Waals surface area contributed by atoms with E-state index in [0.29, 0.717) is 17.4 Å². The van der Waals surface area contributed by atoms with Crippen LogP contribution in [0, 0.1) is 13.8 Å². The average molecular weight is 416 g/mol. The van der Waals surface area contributed by atoms with Crippen LogP contribution in [0.5, 0.6) is 5.75 Å². The van der Waals surface area contributed by atoms with Gasteiger partial charge in [0.25, 0.3) is 5.91 Å². The minimum absolute atomic E-state index is 0.116. The Labute approximate surface area is 175 Å². The largest absolute Gasteiger partial charge is 0.494 e. The van der Waals surface area contributed by atoms with E-state index in [1.54, 1.807) is 12.0 Å². The van der Waals surface area contributed by atoms with Crippen molar-refractivity contribution in [2.24, 2.45) is 0 Å². The van der Waals surface area contributed by atoms with Crippen LogP contribution in [-0.2, 0) is 6.54 Å². The third-order valence-electron chi connectivity index (χ3n) is 4.87. The van der Waals surface area contributed by atoms with E-state index < -0.39 is 0 Å². The van der Waals surface area contributed by atoms with E-state index >= 15 is 0 Å². The summed E-state index contributed by atoms with van der Waals surface area (Å²) in [6, 6.07) is 5.79. The number of hydrogen-bond acceptors (Lipinski definition) is 6. The van der Waals surface area contributed by atoms with Gasteiger partial charge in [0, 0.05) is 18.8 Å². The fourth-order valence-corrected chi connectivity index (χ4v) is 4.36. The maximum atomic E-state index is 13.4. The number of benzene rings is 1. The van der Waals surface area contributed by atoms with Crippen LogP contribution in [0.15, 0.2) is 18.2 Å². The molecule has 8 heteroatoms. The smallest absolute Gasteiger partial charge is 0.280 e. The molecule has 0 spiro atoms. The maximum absolute atomic E-state index is 13.4. The van der Waals surface area contributed by atoms with Gasteiger partial charge in [-0.1, -0.05) is 17.4 Å². The number of anilines is 1. The van der Waals surface area contributed by atoms with Gasteiger partial charge in [0.05, 0.1) is 11.8 Å². The molecule has 0 N–H and O–H groups in total. The number of aryl methyl sites for hydroxylation is 3.